The summed E-state index contributed by atoms with van der Waals surface area (Å²) in [5.74, 6) is 0.740. The predicted molar refractivity (Wildman–Crippen MR) is 92.1 cm³/mol. The minimum atomic E-state index is 0.740. The molecule has 108 valence electrons. The van der Waals surface area contributed by atoms with Crippen LogP contribution in [0.2, 0.25) is 4.34 Å². The summed E-state index contributed by atoms with van der Waals surface area (Å²) >= 11 is 9.12. The van der Waals surface area contributed by atoms with Crippen LogP contribution in [0.15, 0.2) is 23.6 Å². The topological polar surface area (TPSA) is 50.2 Å². The molecule has 0 bridgehead atoms. The molecule has 3 aromatic heterocycles. The zero-order valence-corrected chi connectivity index (χ0v) is 14.2. The van der Waals surface area contributed by atoms with Gasteiger partial charge in [0.25, 0.3) is 0 Å². The molecule has 0 aliphatic heterocycles. The maximum Gasteiger partial charge on any atom is 0.158 e. The molecule has 3 aromatic rings. The molecular weight excluding hydrogens is 324 g/mol. The molecule has 0 radical (unpaired) electrons. The molecule has 0 aliphatic rings. The highest BCUT2D eigenvalue weighted by atomic mass is 35.5. The van der Waals surface area contributed by atoms with Crippen LogP contribution in [-0.2, 0) is 0 Å². The van der Waals surface area contributed by atoms with Gasteiger partial charge in [-0.05, 0) is 38.5 Å². The Morgan fingerprint density at radius 2 is 2.05 bits per heavy atom. The third-order valence-electron chi connectivity index (χ3n) is 3.22. The highest BCUT2D eigenvalue weighted by Crippen LogP contribution is 2.32. The van der Waals surface area contributed by atoms with Gasteiger partial charge in [0.2, 0.25) is 0 Å². The van der Waals surface area contributed by atoms with Crippen molar-refractivity contribution in [2.75, 3.05) is 5.43 Å². The van der Waals surface area contributed by atoms with Crippen molar-refractivity contribution in [2.24, 2.45) is 5.10 Å². The van der Waals surface area contributed by atoms with Gasteiger partial charge in [-0.2, -0.15) is 5.10 Å². The molecule has 0 saturated heterocycles. The molecule has 0 aliphatic carbocycles. The largest absolute Gasteiger partial charge is 0.260 e. The number of aryl methyl sites for hydroxylation is 2. The van der Waals surface area contributed by atoms with Crippen molar-refractivity contribution < 1.29 is 0 Å². The Morgan fingerprint density at radius 3 is 2.76 bits per heavy atom. The predicted octanol–water partition coefficient (Wildman–Crippen LogP) is 4.86. The lowest BCUT2D eigenvalue weighted by Crippen LogP contribution is -2.00. The first-order valence-corrected chi connectivity index (χ1v) is 8.34. The van der Waals surface area contributed by atoms with Crippen molar-refractivity contribution >= 4 is 56.0 Å². The van der Waals surface area contributed by atoms with Crippen molar-refractivity contribution in [3.63, 3.8) is 0 Å². The lowest BCUT2D eigenvalue weighted by molar-refractivity contribution is 1.18. The summed E-state index contributed by atoms with van der Waals surface area (Å²) in [7, 11) is 0. The van der Waals surface area contributed by atoms with Crippen molar-refractivity contribution in [3.05, 3.63) is 38.1 Å². The number of halogens is 1. The van der Waals surface area contributed by atoms with Crippen LogP contribution in [0.5, 0.6) is 0 Å². The van der Waals surface area contributed by atoms with Crippen molar-refractivity contribution in [2.45, 2.75) is 20.8 Å². The molecule has 0 atom stereocenters. The Hall–Kier alpha value is -1.50. The smallest absolute Gasteiger partial charge is 0.158 e. The molecule has 0 fully saturated rings. The number of thiophene rings is 2. The van der Waals surface area contributed by atoms with Gasteiger partial charge in [0, 0.05) is 4.88 Å². The van der Waals surface area contributed by atoms with Gasteiger partial charge in [-0.15, -0.1) is 22.7 Å². The SMILES string of the molecule is C/C(=N/Nc1ncnc2sc(C)c(C)c12)c1ccc(Cl)s1. The fourth-order valence-corrected chi connectivity index (χ4v) is 3.95. The van der Waals surface area contributed by atoms with Gasteiger partial charge in [-0.1, -0.05) is 11.6 Å². The van der Waals surface area contributed by atoms with Gasteiger partial charge >= 0.3 is 0 Å². The lowest BCUT2D eigenvalue weighted by atomic mass is 10.2. The summed E-state index contributed by atoms with van der Waals surface area (Å²) in [5, 5.41) is 5.45. The number of hydrazone groups is 1. The van der Waals surface area contributed by atoms with Crippen LogP contribution < -0.4 is 5.43 Å². The van der Waals surface area contributed by atoms with Crippen LogP contribution in [0.4, 0.5) is 5.82 Å². The maximum absolute atomic E-state index is 5.95. The third kappa shape index (κ3) is 2.79. The summed E-state index contributed by atoms with van der Waals surface area (Å²) in [6, 6.07) is 3.83. The molecule has 3 rings (SSSR count). The van der Waals surface area contributed by atoms with E-state index in [0.29, 0.717) is 0 Å². The number of nitrogens with one attached hydrogen (secondary N) is 1. The Labute approximate surface area is 135 Å². The lowest BCUT2D eigenvalue weighted by Gasteiger charge is -2.03. The average Bonchev–Trinajstić information content (AvgIpc) is 3.01. The van der Waals surface area contributed by atoms with E-state index in [4.69, 9.17) is 11.6 Å². The van der Waals surface area contributed by atoms with Crippen LogP contribution in [-0.4, -0.2) is 15.7 Å². The summed E-state index contributed by atoms with van der Waals surface area (Å²) in [4.78, 5) is 11.9. The van der Waals surface area contributed by atoms with Crippen LogP contribution in [0.3, 0.4) is 0 Å². The number of fused-ring (bicyclic) bond motifs is 1. The first kappa shape index (κ1) is 14.4. The second-order valence-corrected chi connectivity index (χ2v) is 7.52. The Kier molecular flexibility index (Phi) is 3.93. The second kappa shape index (κ2) is 5.71. The summed E-state index contributed by atoms with van der Waals surface area (Å²) in [6.45, 7) is 6.12. The number of hydrogen-bond donors (Lipinski definition) is 1. The van der Waals surface area contributed by atoms with Gasteiger partial charge in [-0.25, -0.2) is 9.97 Å². The monoisotopic (exact) mass is 336 g/mol. The minimum absolute atomic E-state index is 0.740. The quantitative estimate of drug-likeness (QED) is 0.549. The summed E-state index contributed by atoms with van der Waals surface area (Å²) in [5.41, 5.74) is 5.13. The minimum Gasteiger partial charge on any atom is -0.260 e. The molecule has 0 unspecified atom stereocenters. The van der Waals surface area contributed by atoms with E-state index in [1.54, 1.807) is 17.7 Å². The molecule has 0 amide bonds. The van der Waals surface area contributed by atoms with E-state index >= 15 is 0 Å². The van der Waals surface area contributed by atoms with Crippen LogP contribution in [0, 0.1) is 13.8 Å². The van der Waals surface area contributed by atoms with Crippen LogP contribution in [0.25, 0.3) is 10.2 Å². The van der Waals surface area contributed by atoms with Crippen LogP contribution in [0.1, 0.15) is 22.2 Å². The molecule has 0 spiro atoms. The zero-order valence-electron chi connectivity index (χ0n) is 11.8. The maximum atomic E-state index is 5.95. The second-order valence-electron chi connectivity index (χ2n) is 4.60. The van der Waals surface area contributed by atoms with E-state index < -0.39 is 0 Å². The van der Waals surface area contributed by atoms with Gasteiger partial charge in [0.05, 0.1) is 20.3 Å². The Balaban J connectivity index is 1.95. The number of nitrogens with zero attached hydrogens (tertiary/aromatic N) is 3. The number of hydrogen-bond acceptors (Lipinski definition) is 6. The van der Waals surface area contributed by atoms with Crippen molar-refractivity contribution in [1.82, 2.24) is 9.97 Å². The molecule has 0 saturated carbocycles. The highest BCUT2D eigenvalue weighted by molar-refractivity contribution is 7.19. The van der Waals surface area contributed by atoms with Crippen molar-refractivity contribution in [3.8, 4) is 0 Å². The van der Waals surface area contributed by atoms with E-state index in [2.05, 4.69) is 34.3 Å². The number of rotatable bonds is 3. The molecule has 3 heterocycles. The van der Waals surface area contributed by atoms with E-state index in [0.717, 1.165) is 31.0 Å². The first-order valence-electron chi connectivity index (χ1n) is 6.33. The number of anilines is 1. The first-order chi connectivity index (χ1) is 10.1. The van der Waals surface area contributed by atoms with Crippen molar-refractivity contribution in [1.29, 1.82) is 0 Å². The van der Waals surface area contributed by atoms with Crippen LogP contribution >= 0.6 is 34.3 Å². The third-order valence-corrected chi connectivity index (χ3v) is 5.68. The van der Waals surface area contributed by atoms with E-state index in [1.165, 1.54) is 21.8 Å². The normalized spacial score (nSPS) is 12.1. The molecule has 0 aromatic carbocycles. The molecule has 7 heteroatoms. The molecule has 1 N–H and O–H groups in total. The van der Waals surface area contributed by atoms with E-state index in [9.17, 15) is 0 Å². The van der Waals surface area contributed by atoms with E-state index in [1.807, 2.05) is 19.1 Å². The zero-order chi connectivity index (χ0) is 15.0. The Bertz CT molecular complexity index is 835. The van der Waals surface area contributed by atoms with E-state index in [-0.39, 0.29) is 0 Å². The van der Waals surface area contributed by atoms with Gasteiger partial charge in [0.1, 0.15) is 11.2 Å². The molecule has 4 nitrogen and oxygen atoms in total. The van der Waals surface area contributed by atoms with Gasteiger partial charge < -0.3 is 0 Å². The fourth-order valence-electron chi connectivity index (χ4n) is 1.97. The standard InChI is InChI=1S/C14H13ClN4S2/c1-7-9(3)20-14-12(7)13(16-6-17-14)19-18-8(2)10-4-5-11(15)21-10/h4-6H,1-3H3,(H,16,17,19)/b18-8-. The average molecular weight is 337 g/mol. The highest BCUT2D eigenvalue weighted by Gasteiger charge is 2.11. The number of aromatic nitrogens is 2. The fraction of sp³-hybridized carbons (Fsp3) is 0.214. The molecular formula is C14H13ClN4S2. The summed E-state index contributed by atoms with van der Waals surface area (Å²) in [6.07, 6.45) is 1.56. The summed E-state index contributed by atoms with van der Waals surface area (Å²) < 4.78 is 0.758. The van der Waals surface area contributed by atoms with Gasteiger partial charge in [-0.3, -0.25) is 5.43 Å². The van der Waals surface area contributed by atoms with Gasteiger partial charge in [0.15, 0.2) is 5.82 Å². The Morgan fingerprint density at radius 1 is 1.24 bits per heavy atom. The molecule has 21 heavy (non-hydrogen) atoms.